The third-order valence-corrected chi connectivity index (χ3v) is 3.73. The van der Waals surface area contributed by atoms with Crippen molar-refractivity contribution < 1.29 is 23.9 Å². The Morgan fingerprint density at radius 1 is 1.04 bits per heavy atom. The highest BCUT2D eigenvalue weighted by Crippen LogP contribution is 2.13. The zero-order valence-corrected chi connectivity index (χ0v) is 15.0. The summed E-state index contributed by atoms with van der Waals surface area (Å²) in [5, 5.41) is 2.43. The lowest BCUT2D eigenvalue weighted by Gasteiger charge is -2.07. The molecule has 130 valence electrons. The first-order valence-corrected chi connectivity index (χ1v) is 8.15. The minimum atomic E-state index is -0.695. The number of carbonyl (C=O) groups is 3. The molecule has 25 heavy (non-hydrogen) atoms. The fourth-order valence-electron chi connectivity index (χ4n) is 1.96. The fraction of sp³-hybridized carbons (Fsp3) is 0.167. The van der Waals surface area contributed by atoms with Crippen LogP contribution in [0.15, 0.2) is 53.0 Å². The van der Waals surface area contributed by atoms with Crippen molar-refractivity contribution in [3.05, 3.63) is 64.1 Å². The Labute approximate surface area is 153 Å². The quantitative estimate of drug-likeness (QED) is 0.565. The number of benzene rings is 2. The molecule has 0 heterocycles. The molecule has 0 atom stereocenters. The van der Waals surface area contributed by atoms with Crippen molar-refractivity contribution in [1.29, 1.82) is 0 Å². The Kier molecular flexibility index (Phi) is 6.71. The number of halogens is 1. The topological polar surface area (TPSA) is 81.7 Å². The van der Waals surface area contributed by atoms with Crippen molar-refractivity contribution in [2.24, 2.45) is 0 Å². The molecule has 0 unspecified atom stereocenters. The molecule has 0 aromatic heterocycles. The number of ketones is 1. The van der Waals surface area contributed by atoms with E-state index < -0.39 is 11.9 Å². The largest absolute Gasteiger partial charge is 0.497 e. The average molecular weight is 406 g/mol. The second kappa shape index (κ2) is 8.98. The van der Waals surface area contributed by atoms with E-state index in [2.05, 4.69) is 21.2 Å². The molecule has 7 heteroatoms. The van der Waals surface area contributed by atoms with Crippen LogP contribution in [-0.2, 0) is 9.53 Å². The van der Waals surface area contributed by atoms with Crippen LogP contribution < -0.4 is 10.1 Å². The molecule has 0 aliphatic heterocycles. The van der Waals surface area contributed by atoms with E-state index >= 15 is 0 Å². The van der Waals surface area contributed by atoms with Crippen LogP contribution in [0.5, 0.6) is 5.75 Å². The summed E-state index contributed by atoms with van der Waals surface area (Å²) >= 11 is 3.27. The lowest BCUT2D eigenvalue weighted by Crippen LogP contribution is -2.31. The van der Waals surface area contributed by atoms with Crippen molar-refractivity contribution in [1.82, 2.24) is 5.32 Å². The van der Waals surface area contributed by atoms with Crippen LogP contribution in [0, 0.1) is 0 Å². The number of carbonyl (C=O) groups excluding carboxylic acids is 3. The summed E-state index contributed by atoms with van der Waals surface area (Å²) in [6.07, 6.45) is 0. The Bertz CT molecular complexity index is 791. The van der Waals surface area contributed by atoms with Crippen molar-refractivity contribution in [3.8, 4) is 5.75 Å². The van der Waals surface area contributed by atoms with E-state index in [4.69, 9.17) is 9.47 Å². The van der Waals surface area contributed by atoms with Crippen molar-refractivity contribution in [2.75, 3.05) is 20.3 Å². The number of nitrogens with one attached hydrogen (secondary N) is 1. The summed E-state index contributed by atoms with van der Waals surface area (Å²) in [6, 6.07) is 13.3. The van der Waals surface area contributed by atoms with Gasteiger partial charge in [0, 0.05) is 15.6 Å². The van der Waals surface area contributed by atoms with E-state index in [0.717, 1.165) is 4.47 Å². The van der Waals surface area contributed by atoms with Gasteiger partial charge in [0.15, 0.2) is 12.4 Å². The number of ether oxygens (including phenoxy) is 2. The van der Waals surface area contributed by atoms with Crippen molar-refractivity contribution >= 4 is 33.6 Å². The average Bonchev–Trinajstić information content (AvgIpc) is 2.64. The molecule has 6 nitrogen and oxygen atoms in total. The maximum atomic E-state index is 12.0. The lowest BCUT2D eigenvalue weighted by atomic mass is 10.1. The van der Waals surface area contributed by atoms with Gasteiger partial charge < -0.3 is 14.8 Å². The predicted molar refractivity (Wildman–Crippen MR) is 94.8 cm³/mol. The van der Waals surface area contributed by atoms with Crippen LogP contribution in [0.2, 0.25) is 0 Å². The number of esters is 1. The van der Waals surface area contributed by atoms with E-state index in [-0.39, 0.29) is 18.9 Å². The summed E-state index contributed by atoms with van der Waals surface area (Å²) in [5.74, 6) is -0.919. The van der Waals surface area contributed by atoms with Gasteiger partial charge >= 0.3 is 5.97 Å². The normalized spacial score (nSPS) is 10.0. The summed E-state index contributed by atoms with van der Waals surface area (Å²) in [5.41, 5.74) is 0.792. The first-order chi connectivity index (χ1) is 12.0. The third kappa shape index (κ3) is 5.72. The molecule has 0 bridgehead atoms. The number of hydrogen-bond donors (Lipinski definition) is 1. The van der Waals surface area contributed by atoms with Gasteiger partial charge in [-0.2, -0.15) is 0 Å². The van der Waals surface area contributed by atoms with Crippen LogP contribution in [0.1, 0.15) is 20.7 Å². The van der Waals surface area contributed by atoms with Gasteiger partial charge in [-0.1, -0.05) is 34.1 Å². The summed E-state index contributed by atoms with van der Waals surface area (Å²) in [4.78, 5) is 35.6. The van der Waals surface area contributed by atoms with Gasteiger partial charge in [-0.3, -0.25) is 14.4 Å². The summed E-state index contributed by atoms with van der Waals surface area (Å²) in [6.45, 7) is -0.716. The highest BCUT2D eigenvalue weighted by Gasteiger charge is 2.12. The molecule has 1 amide bonds. The highest BCUT2D eigenvalue weighted by atomic mass is 79.9. The van der Waals surface area contributed by atoms with Crippen molar-refractivity contribution in [3.63, 3.8) is 0 Å². The van der Waals surface area contributed by atoms with Crippen LogP contribution in [0.3, 0.4) is 0 Å². The lowest BCUT2D eigenvalue weighted by molar-refractivity contribution is -0.141. The first-order valence-electron chi connectivity index (χ1n) is 7.36. The standard InChI is InChI=1S/C18H16BrNO5/c1-24-15-7-3-5-13(9-15)18(23)20-10-17(22)25-11-16(21)12-4-2-6-14(19)8-12/h2-9H,10-11H2,1H3,(H,20,23). The van der Waals surface area contributed by atoms with E-state index in [9.17, 15) is 14.4 Å². The smallest absolute Gasteiger partial charge is 0.325 e. The fourth-order valence-corrected chi connectivity index (χ4v) is 2.36. The second-order valence-corrected chi connectivity index (χ2v) is 5.92. The number of rotatable bonds is 7. The molecule has 0 aliphatic carbocycles. The molecule has 0 spiro atoms. The van der Waals surface area contributed by atoms with E-state index in [1.807, 2.05) is 0 Å². The zero-order valence-electron chi connectivity index (χ0n) is 13.5. The van der Waals surface area contributed by atoms with Crippen LogP contribution in [0.4, 0.5) is 0 Å². The second-order valence-electron chi connectivity index (χ2n) is 5.01. The van der Waals surface area contributed by atoms with Gasteiger partial charge in [0.2, 0.25) is 0 Å². The number of methoxy groups -OCH3 is 1. The Morgan fingerprint density at radius 2 is 1.76 bits per heavy atom. The predicted octanol–water partition coefficient (Wildman–Crippen LogP) is 2.61. The molecule has 0 saturated carbocycles. The Balaban J connectivity index is 1.80. The molecule has 0 aliphatic rings. The molecule has 0 saturated heterocycles. The number of hydrogen-bond acceptors (Lipinski definition) is 5. The number of amides is 1. The molecule has 2 aromatic carbocycles. The molecule has 0 radical (unpaired) electrons. The number of Topliss-reactive ketones (excluding diaryl/α,β-unsaturated/α-hetero) is 1. The minimum Gasteiger partial charge on any atom is -0.497 e. The van der Waals surface area contributed by atoms with Crippen LogP contribution in [0.25, 0.3) is 0 Å². The monoisotopic (exact) mass is 405 g/mol. The van der Waals surface area contributed by atoms with Gasteiger partial charge in [0.25, 0.3) is 5.91 Å². The molecular formula is C18H16BrNO5. The van der Waals surface area contributed by atoms with Gasteiger partial charge in [0.1, 0.15) is 12.3 Å². The maximum absolute atomic E-state index is 12.0. The molecular weight excluding hydrogens is 390 g/mol. The van der Waals surface area contributed by atoms with Crippen LogP contribution >= 0.6 is 15.9 Å². The highest BCUT2D eigenvalue weighted by molar-refractivity contribution is 9.10. The molecule has 2 aromatic rings. The first kappa shape index (κ1) is 18.7. The summed E-state index contributed by atoms with van der Waals surface area (Å²) < 4.78 is 10.7. The minimum absolute atomic E-state index is 0.325. The molecule has 2 rings (SSSR count). The van der Waals surface area contributed by atoms with Gasteiger partial charge in [-0.05, 0) is 30.3 Å². The molecule has 0 fully saturated rings. The third-order valence-electron chi connectivity index (χ3n) is 3.24. The zero-order chi connectivity index (χ0) is 18.2. The summed E-state index contributed by atoms with van der Waals surface area (Å²) in [7, 11) is 1.50. The SMILES string of the molecule is COc1cccc(C(=O)NCC(=O)OCC(=O)c2cccc(Br)c2)c1. The molecule has 1 N–H and O–H groups in total. The Hall–Kier alpha value is -2.67. The van der Waals surface area contributed by atoms with Crippen molar-refractivity contribution in [2.45, 2.75) is 0 Å². The van der Waals surface area contributed by atoms with E-state index in [0.29, 0.717) is 16.9 Å². The van der Waals surface area contributed by atoms with Gasteiger partial charge in [-0.25, -0.2) is 0 Å². The van der Waals surface area contributed by atoms with E-state index in [1.165, 1.54) is 7.11 Å². The van der Waals surface area contributed by atoms with Crippen LogP contribution in [-0.4, -0.2) is 37.9 Å². The Morgan fingerprint density at radius 3 is 2.48 bits per heavy atom. The van der Waals surface area contributed by atoms with Gasteiger partial charge in [-0.15, -0.1) is 0 Å². The maximum Gasteiger partial charge on any atom is 0.325 e. The van der Waals surface area contributed by atoms with Gasteiger partial charge in [0.05, 0.1) is 7.11 Å². The van der Waals surface area contributed by atoms with E-state index in [1.54, 1.807) is 48.5 Å².